The van der Waals surface area contributed by atoms with Gasteiger partial charge in [-0.05, 0) is 24.1 Å². The van der Waals surface area contributed by atoms with Gasteiger partial charge in [0.2, 0.25) is 0 Å². The largest absolute Gasteiger partial charge is 0.467 e. The smallest absolute Gasteiger partial charge is 0.411 e. The van der Waals surface area contributed by atoms with Gasteiger partial charge in [-0.1, -0.05) is 13.8 Å². The first-order chi connectivity index (χ1) is 12.5. The van der Waals surface area contributed by atoms with E-state index in [1.54, 1.807) is 6.07 Å². The summed E-state index contributed by atoms with van der Waals surface area (Å²) in [5.41, 5.74) is 1.46. The van der Waals surface area contributed by atoms with Crippen molar-refractivity contribution in [2.45, 2.75) is 19.9 Å². The van der Waals surface area contributed by atoms with E-state index in [1.807, 2.05) is 26.0 Å². The van der Waals surface area contributed by atoms with E-state index in [4.69, 9.17) is 9.47 Å². The number of thioether (sulfide) groups is 1. The van der Waals surface area contributed by atoms with Crippen LogP contribution in [0, 0.1) is 5.92 Å². The number of esters is 1. The number of benzene rings is 1. The fourth-order valence-electron chi connectivity index (χ4n) is 2.24. The number of amides is 1. The first-order valence-electron chi connectivity index (χ1n) is 8.09. The predicted molar refractivity (Wildman–Crippen MR) is 104 cm³/mol. The molecule has 9 heteroatoms. The highest BCUT2D eigenvalue weighted by Crippen LogP contribution is 2.31. The minimum absolute atomic E-state index is 0.283. The summed E-state index contributed by atoms with van der Waals surface area (Å²) >= 11 is 2.96. The van der Waals surface area contributed by atoms with Gasteiger partial charge in [0.1, 0.15) is 10.1 Å². The van der Waals surface area contributed by atoms with Crippen LogP contribution in [0.25, 0.3) is 10.2 Å². The number of aliphatic imine (C=N–C) groups is 1. The summed E-state index contributed by atoms with van der Waals surface area (Å²) in [4.78, 5) is 32.3. The predicted octanol–water partition coefficient (Wildman–Crippen LogP) is 3.54. The summed E-state index contributed by atoms with van der Waals surface area (Å²) in [5.74, 6) is 0.512. The number of anilines is 1. The van der Waals surface area contributed by atoms with Gasteiger partial charge in [0, 0.05) is 11.4 Å². The molecule has 0 radical (unpaired) electrons. The molecule has 0 unspecified atom stereocenters. The van der Waals surface area contributed by atoms with Crippen LogP contribution in [-0.2, 0) is 14.3 Å². The van der Waals surface area contributed by atoms with E-state index in [9.17, 15) is 9.59 Å². The average Bonchev–Trinajstić information content (AvgIpc) is 3.25. The second-order valence-electron chi connectivity index (χ2n) is 6.10. The second kappa shape index (κ2) is 8.05. The van der Waals surface area contributed by atoms with Crippen LogP contribution >= 0.6 is 23.1 Å². The van der Waals surface area contributed by atoms with E-state index in [0.717, 1.165) is 20.3 Å². The number of methoxy groups -OCH3 is 1. The van der Waals surface area contributed by atoms with Crippen LogP contribution in [0.5, 0.6) is 0 Å². The molecule has 1 N–H and O–H groups in total. The number of hydrogen-bond acceptors (Lipinski definition) is 8. The van der Waals surface area contributed by atoms with Crippen molar-refractivity contribution in [1.29, 1.82) is 0 Å². The van der Waals surface area contributed by atoms with E-state index in [1.165, 1.54) is 30.2 Å². The highest BCUT2D eigenvalue weighted by molar-refractivity contribution is 8.15. The fraction of sp³-hybridized carbons (Fsp3) is 0.412. The zero-order chi connectivity index (χ0) is 18.7. The maximum absolute atomic E-state index is 11.8. The van der Waals surface area contributed by atoms with Crippen molar-refractivity contribution >= 4 is 56.1 Å². The molecule has 7 nitrogen and oxygen atoms in total. The summed E-state index contributed by atoms with van der Waals surface area (Å²) in [6.45, 7) is 4.33. The van der Waals surface area contributed by atoms with Gasteiger partial charge >= 0.3 is 12.1 Å². The number of fused-ring (bicyclic) bond motifs is 1. The minimum atomic E-state index is -0.473. The van der Waals surface area contributed by atoms with Crippen LogP contribution in [-0.4, -0.2) is 47.6 Å². The van der Waals surface area contributed by atoms with Crippen molar-refractivity contribution in [2.24, 2.45) is 10.9 Å². The molecule has 1 aromatic heterocycles. The number of aromatic nitrogens is 1. The molecule has 1 aliphatic rings. The summed E-state index contributed by atoms with van der Waals surface area (Å²) in [6, 6.07) is 5.00. The van der Waals surface area contributed by atoms with E-state index < -0.39 is 12.1 Å². The van der Waals surface area contributed by atoms with Crippen molar-refractivity contribution in [1.82, 2.24) is 4.98 Å². The Morgan fingerprint density at radius 1 is 1.38 bits per heavy atom. The minimum Gasteiger partial charge on any atom is -0.467 e. The highest BCUT2D eigenvalue weighted by atomic mass is 32.2. The molecule has 0 aliphatic carbocycles. The van der Waals surface area contributed by atoms with Crippen molar-refractivity contribution in [3.05, 3.63) is 23.2 Å². The number of carbonyl (C=O) groups is 2. The molecule has 1 amide bonds. The van der Waals surface area contributed by atoms with Gasteiger partial charge in [0.05, 0.1) is 23.9 Å². The fourth-order valence-corrected chi connectivity index (χ4v) is 4.33. The van der Waals surface area contributed by atoms with Crippen LogP contribution < -0.4 is 5.32 Å². The zero-order valence-electron chi connectivity index (χ0n) is 14.6. The Kier molecular flexibility index (Phi) is 5.77. The SMILES string of the molecule is COC(=O)[C@H]1CSC(c2nc3ccc(NC(=O)OCC(C)C)cc3s2)=N1. The Morgan fingerprint density at radius 3 is 2.92 bits per heavy atom. The second-order valence-corrected chi connectivity index (χ2v) is 8.14. The number of nitrogens with zero attached hydrogens (tertiary/aromatic N) is 2. The number of thiazole rings is 1. The summed E-state index contributed by atoms with van der Waals surface area (Å²) in [6.07, 6.45) is -0.473. The lowest BCUT2D eigenvalue weighted by Crippen LogP contribution is -2.19. The molecule has 0 fully saturated rings. The third-order valence-electron chi connectivity index (χ3n) is 3.49. The molecule has 0 saturated carbocycles. The Balaban J connectivity index is 1.74. The maximum Gasteiger partial charge on any atom is 0.411 e. The Hall–Kier alpha value is -2.13. The van der Waals surface area contributed by atoms with E-state index >= 15 is 0 Å². The molecular weight excluding hydrogens is 374 g/mol. The van der Waals surface area contributed by atoms with Crippen molar-refractivity contribution in [3.8, 4) is 0 Å². The number of rotatable bonds is 5. The molecular formula is C17H19N3O4S2. The molecule has 2 heterocycles. The van der Waals surface area contributed by atoms with E-state index in [-0.39, 0.29) is 11.9 Å². The highest BCUT2D eigenvalue weighted by Gasteiger charge is 2.27. The molecule has 1 atom stereocenters. The lowest BCUT2D eigenvalue weighted by molar-refractivity contribution is -0.141. The van der Waals surface area contributed by atoms with Gasteiger partial charge in [-0.2, -0.15) is 0 Å². The molecule has 138 valence electrons. The number of carbonyl (C=O) groups excluding carboxylic acids is 2. The normalized spacial score (nSPS) is 16.6. The molecule has 1 aliphatic heterocycles. The Bertz CT molecular complexity index is 863. The van der Waals surface area contributed by atoms with Crippen LogP contribution in [0.3, 0.4) is 0 Å². The summed E-state index contributed by atoms with van der Waals surface area (Å²) in [5, 5.41) is 4.22. The lowest BCUT2D eigenvalue weighted by Gasteiger charge is -2.08. The van der Waals surface area contributed by atoms with Crippen LogP contribution in [0.4, 0.5) is 10.5 Å². The molecule has 3 rings (SSSR count). The monoisotopic (exact) mass is 393 g/mol. The van der Waals surface area contributed by atoms with Crippen LogP contribution in [0.15, 0.2) is 23.2 Å². The Morgan fingerprint density at radius 2 is 2.19 bits per heavy atom. The summed E-state index contributed by atoms with van der Waals surface area (Å²) < 4.78 is 10.8. The number of ether oxygens (including phenoxy) is 2. The third-order valence-corrected chi connectivity index (χ3v) is 5.70. The average molecular weight is 393 g/mol. The van der Waals surface area contributed by atoms with Crippen LogP contribution in [0.2, 0.25) is 0 Å². The molecule has 26 heavy (non-hydrogen) atoms. The van der Waals surface area contributed by atoms with Gasteiger partial charge in [-0.25, -0.2) is 14.6 Å². The number of hydrogen-bond donors (Lipinski definition) is 1. The zero-order valence-corrected chi connectivity index (χ0v) is 16.3. The maximum atomic E-state index is 11.8. The van der Waals surface area contributed by atoms with Crippen molar-refractivity contribution < 1.29 is 19.1 Å². The molecule has 1 aromatic carbocycles. The van der Waals surface area contributed by atoms with Gasteiger partial charge in [0.25, 0.3) is 0 Å². The molecule has 0 spiro atoms. The van der Waals surface area contributed by atoms with E-state index in [0.29, 0.717) is 18.0 Å². The molecule has 2 aromatic rings. The molecule has 0 bridgehead atoms. The van der Waals surface area contributed by atoms with Gasteiger partial charge in [-0.15, -0.1) is 23.1 Å². The Labute approximate surface area is 159 Å². The van der Waals surface area contributed by atoms with Gasteiger partial charge in [0.15, 0.2) is 6.04 Å². The summed E-state index contributed by atoms with van der Waals surface area (Å²) in [7, 11) is 1.36. The van der Waals surface area contributed by atoms with Crippen molar-refractivity contribution in [3.63, 3.8) is 0 Å². The lowest BCUT2D eigenvalue weighted by atomic mass is 10.2. The van der Waals surface area contributed by atoms with Gasteiger partial charge < -0.3 is 9.47 Å². The number of nitrogens with one attached hydrogen (secondary N) is 1. The first kappa shape index (κ1) is 18.7. The van der Waals surface area contributed by atoms with Crippen molar-refractivity contribution in [2.75, 3.05) is 24.8 Å². The van der Waals surface area contributed by atoms with Gasteiger partial charge in [-0.3, -0.25) is 10.3 Å². The topological polar surface area (TPSA) is 89.9 Å². The van der Waals surface area contributed by atoms with E-state index in [2.05, 4.69) is 15.3 Å². The third kappa shape index (κ3) is 4.34. The molecule has 0 saturated heterocycles. The standard InChI is InChI=1S/C17H19N3O4S2/c1-9(2)7-24-17(22)18-10-4-5-11-13(6-10)26-15(19-11)14-20-12(8-25-14)16(21)23-3/h4-6,9,12H,7-8H2,1-3H3,(H,18,22)/t12-/m1/s1. The van der Waals surface area contributed by atoms with Crippen LogP contribution in [0.1, 0.15) is 18.9 Å². The first-order valence-corrected chi connectivity index (χ1v) is 9.89. The quantitative estimate of drug-likeness (QED) is 0.782.